The number of rotatable bonds is 3. The molecule has 4 nitrogen and oxygen atoms in total. The van der Waals surface area contributed by atoms with Gasteiger partial charge < -0.3 is 4.74 Å². The zero-order valence-corrected chi connectivity index (χ0v) is 12.5. The lowest BCUT2D eigenvalue weighted by molar-refractivity contribution is -0.146. The molecule has 0 fully saturated rings. The van der Waals surface area contributed by atoms with Crippen LogP contribution in [0.5, 0.6) is 0 Å². The van der Waals surface area contributed by atoms with Gasteiger partial charge in [-0.25, -0.2) is 4.79 Å². The predicted molar refractivity (Wildman–Crippen MR) is 78.5 cm³/mol. The van der Waals surface area contributed by atoms with Gasteiger partial charge in [-0.05, 0) is 46.8 Å². The number of esters is 1. The van der Waals surface area contributed by atoms with E-state index in [1.54, 1.807) is 19.0 Å². The van der Waals surface area contributed by atoms with Gasteiger partial charge in [0.25, 0.3) is 0 Å². The molecule has 0 aromatic heterocycles. The van der Waals surface area contributed by atoms with Crippen LogP contribution < -0.4 is 5.01 Å². The van der Waals surface area contributed by atoms with Crippen molar-refractivity contribution in [2.45, 2.75) is 40.2 Å². The highest BCUT2D eigenvalue weighted by Gasteiger charge is 2.18. The molecule has 1 aromatic carbocycles. The highest BCUT2D eigenvalue weighted by molar-refractivity contribution is 6.35. The third-order valence-corrected chi connectivity index (χ3v) is 2.40. The van der Waals surface area contributed by atoms with Crippen molar-refractivity contribution in [2.75, 3.05) is 12.1 Å². The van der Waals surface area contributed by atoms with E-state index >= 15 is 0 Å². The lowest BCUT2D eigenvalue weighted by Gasteiger charge is -2.20. The van der Waals surface area contributed by atoms with Crippen molar-refractivity contribution in [3.8, 4) is 0 Å². The minimum absolute atomic E-state index is 0.331. The Labute approximate surface area is 115 Å². The van der Waals surface area contributed by atoms with Gasteiger partial charge >= 0.3 is 5.97 Å². The fourth-order valence-electron chi connectivity index (χ4n) is 1.44. The van der Waals surface area contributed by atoms with Gasteiger partial charge in [-0.15, -0.1) is 0 Å². The van der Waals surface area contributed by atoms with Crippen LogP contribution >= 0.6 is 0 Å². The zero-order valence-electron chi connectivity index (χ0n) is 12.5. The Morgan fingerprint density at radius 1 is 1.21 bits per heavy atom. The summed E-state index contributed by atoms with van der Waals surface area (Å²) >= 11 is 0. The standard InChI is InChI=1S/C15H22N2O2/c1-11-7-9-13(10-8-11)17(6)16-12(2)14(18)19-15(3,4)5/h7-10H,1-6H3/b16-12-. The number of hydrogen-bond acceptors (Lipinski definition) is 4. The topological polar surface area (TPSA) is 41.9 Å². The minimum atomic E-state index is -0.504. The summed E-state index contributed by atoms with van der Waals surface area (Å²) in [5.74, 6) is -0.397. The molecule has 0 saturated carbocycles. The van der Waals surface area contributed by atoms with Crippen molar-refractivity contribution in [1.29, 1.82) is 0 Å². The van der Waals surface area contributed by atoms with Gasteiger partial charge in [0.05, 0.1) is 5.69 Å². The average molecular weight is 262 g/mol. The molecule has 0 saturated heterocycles. The summed E-state index contributed by atoms with van der Waals surface area (Å²) < 4.78 is 5.26. The Morgan fingerprint density at radius 2 is 1.74 bits per heavy atom. The summed E-state index contributed by atoms with van der Waals surface area (Å²) in [4.78, 5) is 11.8. The van der Waals surface area contributed by atoms with E-state index < -0.39 is 11.6 Å². The lowest BCUT2D eigenvalue weighted by atomic mass is 10.2. The summed E-state index contributed by atoms with van der Waals surface area (Å²) in [5, 5.41) is 5.90. The molecule has 19 heavy (non-hydrogen) atoms. The number of aryl methyl sites for hydroxylation is 1. The Bertz CT molecular complexity index is 470. The van der Waals surface area contributed by atoms with E-state index in [-0.39, 0.29) is 0 Å². The molecule has 0 aliphatic heterocycles. The second-order valence-corrected chi connectivity index (χ2v) is 5.55. The molecule has 1 aromatic rings. The second kappa shape index (κ2) is 5.87. The molecular formula is C15H22N2O2. The Balaban J connectivity index is 2.78. The molecule has 0 radical (unpaired) electrons. The van der Waals surface area contributed by atoms with Crippen LogP contribution in [0.4, 0.5) is 5.69 Å². The number of carbonyl (C=O) groups is 1. The molecule has 0 bridgehead atoms. The van der Waals surface area contributed by atoms with Crippen LogP contribution in [0.1, 0.15) is 33.3 Å². The van der Waals surface area contributed by atoms with Crippen molar-refractivity contribution in [3.63, 3.8) is 0 Å². The number of hydrazone groups is 1. The van der Waals surface area contributed by atoms with Crippen LogP contribution in [-0.4, -0.2) is 24.3 Å². The van der Waals surface area contributed by atoms with Gasteiger partial charge in [0.2, 0.25) is 0 Å². The van der Waals surface area contributed by atoms with E-state index in [1.165, 1.54) is 5.56 Å². The molecule has 4 heteroatoms. The fourth-order valence-corrected chi connectivity index (χ4v) is 1.44. The third kappa shape index (κ3) is 5.12. The Kier molecular flexibility index (Phi) is 4.70. The number of carbonyl (C=O) groups excluding carboxylic acids is 1. The highest BCUT2D eigenvalue weighted by atomic mass is 16.6. The van der Waals surface area contributed by atoms with Gasteiger partial charge in [-0.1, -0.05) is 17.7 Å². The summed E-state index contributed by atoms with van der Waals surface area (Å²) in [5.41, 5.74) is 1.94. The maximum absolute atomic E-state index is 11.8. The maximum atomic E-state index is 11.8. The molecule has 0 aliphatic carbocycles. The molecule has 0 unspecified atom stereocenters. The summed E-state index contributed by atoms with van der Waals surface area (Å²) in [6.07, 6.45) is 0. The van der Waals surface area contributed by atoms with Crippen molar-refractivity contribution in [2.24, 2.45) is 5.10 Å². The summed E-state index contributed by atoms with van der Waals surface area (Å²) in [7, 11) is 1.80. The summed E-state index contributed by atoms with van der Waals surface area (Å²) in [6, 6.07) is 7.93. The number of ether oxygens (including phenoxy) is 1. The first-order valence-corrected chi connectivity index (χ1v) is 6.28. The smallest absolute Gasteiger partial charge is 0.354 e. The van der Waals surface area contributed by atoms with Crippen LogP contribution in [0.15, 0.2) is 29.4 Å². The molecule has 104 valence electrons. The van der Waals surface area contributed by atoms with Crippen molar-refractivity contribution in [3.05, 3.63) is 29.8 Å². The van der Waals surface area contributed by atoms with E-state index in [0.717, 1.165) is 5.69 Å². The van der Waals surface area contributed by atoms with Gasteiger partial charge in [0.1, 0.15) is 11.3 Å². The SMILES string of the molecule is C/C(=N/N(C)c1ccc(C)cc1)C(=O)OC(C)(C)C. The number of benzene rings is 1. The minimum Gasteiger partial charge on any atom is -0.455 e. The highest BCUT2D eigenvalue weighted by Crippen LogP contribution is 2.14. The predicted octanol–water partition coefficient (Wildman–Crippen LogP) is 3.15. The number of hydrogen-bond donors (Lipinski definition) is 0. The molecule has 0 heterocycles. The third-order valence-electron chi connectivity index (χ3n) is 2.40. The molecule has 0 amide bonds. The molecular weight excluding hydrogens is 240 g/mol. The largest absolute Gasteiger partial charge is 0.455 e. The number of nitrogens with zero attached hydrogens (tertiary/aromatic N) is 2. The zero-order chi connectivity index (χ0) is 14.6. The second-order valence-electron chi connectivity index (χ2n) is 5.55. The van der Waals surface area contributed by atoms with Gasteiger partial charge in [0.15, 0.2) is 0 Å². The quantitative estimate of drug-likeness (QED) is 0.477. The Morgan fingerprint density at radius 3 is 2.21 bits per heavy atom. The fraction of sp³-hybridized carbons (Fsp3) is 0.467. The monoisotopic (exact) mass is 262 g/mol. The lowest BCUT2D eigenvalue weighted by Crippen LogP contribution is -2.29. The molecule has 0 atom stereocenters. The van der Waals surface area contributed by atoms with Crippen LogP contribution in [0.3, 0.4) is 0 Å². The average Bonchev–Trinajstić information content (AvgIpc) is 2.27. The summed E-state index contributed by atoms with van der Waals surface area (Å²) in [6.45, 7) is 9.18. The number of anilines is 1. The van der Waals surface area contributed by atoms with E-state index in [4.69, 9.17) is 4.74 Å². The van der Waals surface area contributed by atoms with Gasteiger partial charge in [-0.3, -0.25) is 5.01 Å². The normalized spacial score (nSPS) is 12.2. The van der Waals surface area contributed by atoms with Gasteiger partial charge in [0, 0.05) is 7.05 Å². The van der Waals surface area contributed by atoms with E-state index in [2.05, 4.69) is 5.10 Å². The molecule has 0 aliphatic rings. The van der Waals surface area contributed by atoms with E-state index in [0.29, 0.717) is 5.71 Å². The molecule has 0 N–H and O–H groups in total. The van der Waals surface area contributed by atoms with Crippen LogP contribution in [0.25, 0.3) is 0 Å². The van der Waals surface area contributed by atoms with Crippen LogP contribution in [-0.2, 0) is 9.53 Å². The van der Waals surface area contributed by atoms with E-state index in [9.17, 15) is 4.79 Å². The maximum Gasteiger partial charge on any atom is 0.354 e. The van der Waals surface area contributed by atoms with Gasteiger partial charge in [-0.2, -0.15) is 5.10 Å². The first-order chi connectivity index (χ1) is 8.69. The first-order valence-electron chi connectivity index (χ1n) is 6.28. The van der Waals surface area contributed by atoms with Crippen molar-refractivity contribution >= 4 is 17.4 Å². The molecule has 0 spiro atoms. The van der Waals surface area contributed by atoms with Crippen LogP contribution in [0, 0.1) is 6.92 Å². The molecule has 1 rings (SSSR count). The van der Waals surface area contributed by atoms with Crippen molar-refractivity contribution < 1.29 is 9.53 Å². The van der Waals surface area contributed by atoms with Crippen LogP contribution in [0.2, 0.25) is 0 Å². The van der Waals surface area contributed by atoms with E-state index in [1.807, 2.05) is 52.0 Å². The first kappa shape index (κ1) is 15.2. The van der Waals surface area contributed by atoms with Crippen molar-refractivity contribution in [1.82, 2.24) is 0 Å². The Hall–Kier alpha value is -1.84.